The summed E-state index contributed by atoms with van der Waals surface area (Å²) in [5, 5.41) is 12.9. The summed E-state index contributed by atoms with van der Waals surface area (Å²) in [5.41, 5.74) is 7.88. The van der Waals surface area contributed by atoms with E-state index in [1.54, 1.807) is 12.5 Å². The molecule has 8 rings (SSSR count). The maximum atomic E-state index is 4.37. The van der Waals surface area contributed by atoms with E-state index in [0.717, 1.165) is 71.2 Å². The predicted molar refractivity (Wildman–Crippen MR) is 227 cm³/mol. The number of hydrogen-bond acceptors (Lipinski definition) is 4. The quantitative estimate of drug-likeness (QED) is 0.0819. The predicted octanol–water partition coefficient (Wildman–Crippen LogP) is 12.9. The fourth-order valence-corrected chi connectivity index (χ4v) is 4.89. The van der Waals surface area contributed by atoms with Crippen molar-refractivity contribution in [2.24, 2.45) is 9.98 Å². The molecule has 4 aromatic carbocycles. The van der Waals surface area contributed by atoms with Gasteiger partial charge in [0.1, 0.15) is 0 Å². The third kappa shape index (κ3) is 17.8. The zero-order chi connectivity index (χ0) is 37.1. The Hall–Kier alpha value is -5.48. The normalized spacial score (nSPS) is 12.1. The standard InChI is InChI=1S/C13H12N2.C13H11N2.C11H10N.C10H10N2.2Pt/c2*1-3-7-12(8-4-1)14-11-15-13-9-5-2-6-10-13;1-2-6-10(7-3-1)11-8-4-5-9-12-11;1-3-7-11-9(5-1)10-6-2-4-8-12-10;;/h1-10H,11H2;1-11H;2,4-6,8-9H,1,3H2;1-3,5-7H,4,8H2;;/q-2;2*-1;;;. The van der Waals surface area contributed by atoms with Crippen molar-refractivity contribution in [3.63, 3.8) is 0 Å². The van der Waals surface area contributed by atoms with Crippen LogP contribution in [-0.2, 0) is 42.1 Å². The van der Waals surface area contributed by atoms with E-state index < -0.39 is 0 Å². The fourth-order valence-electron chi connectivity index (χ4n) is 4.89. The Balaban J connectivity index is 0.000000199. The number of aliphatic imine (C=N–C) groups is 2. The second-order valence-corrected chi connectivity index (χ2v) is 11.6. The van der Waals surface area contributed by atoms with Gasteiger partial charge in [0, 0.05) is 61.1 Å². The zero-order valence-electron chi connectivity index (χ0n) is 30.9. The summed E-state index contributed by atoms with van der Waals surface area (Å²) in [7, 11) is 0. The Kier molecular flexibility index (Phi) is 22.5. The molecule has 3 heterocycles. The molecule has 0 spiro atoms. The maximum Gasteiger partial charge on any atom is 0.0881 e. The summed E-state index contributed by atoms with van der Waals surface area (Å²) in [6.45, 7) is 1.37. The first-order chi connectivity index (χ1) is 26.8. The van der Waals surface area contributed by atoms with E-state index in [1.807, 2.05) is 170 Å². The molecule has 0 radical (unpaired) electrons. The van der Waals surface area contributed by atoms with Crippen LogP contribution < -0.4 is 0 Å². The molecule has 7 nitrogen and oxygen atoms in total. The Morgan fingerprint density at radius 2 is 1.07 bits per heavy atom. The third-order valence-corrected chi connectivity index (χ3v) is 7.58. The molecule has 290 valence electrons. The molecule has 0 N–H and O–H groups in total. The van der Waals surface area contributed by atoms with Crippen molar-refractivity contribution in [2.45, 2.75) is 19.3 Å². The molecule has 2 aliphatic rings. The smallest absolute Gasteiger partial charge is 0.0881 e. The SMILES string of the molecule is C(=Nc1ccccc1)[N-]c1ccccc1.C1=CC(c2ccccn2)=NCC1.[C-]1=C(c2ccccn2)C=CCC1.[Pt].[Pt].c1ccc([N-]C[N-]c2ccccc2)cc1. The van der Waals surface area contributed by atoms with Gasteiger partial charge >= 0.3 is 0 Å². The first-order valence-corrected chi connectivity index (χ1v) is 17.9. The van der Waals surface area contributed by atoms with Crippen LogP contribution in [0.5, 0.6) is 0 Å². The van der Waals surface area contributed by atoms with Crippen LogP contribution in [0.1, 0.15) is 30.7 Å². The summed E-state index contributed by atoms with van der Waals surface area (Å²) < 4.78 is 0. The van der Waals surface area contributed by atoms with E-state index in [2.05, 4.69) is 60.2 Å². The Labute approximate surface area is 360 Å². The van der Waals surface area contributed by atoms with Crippen molar-refractivity contribution in [1.82, 2.24) is 9.97 Å². The van der Waals surface area contributed by atoms with Crippen molar-refractivity contribution in [3.8, 4) is 0 Å². The fraction of sp³-hybridized carbons (Fsp3) is 0.106. The molecule has 0 amide bonds. The maximum absolute atomic E-state index is 4.37. The Bertz CT molecular complexity index is 1930. The van der Waals surface area contributed by atoms with Crippen LogP contribution in [0.3, 0.4) is 0 Å². The molecule has 2 aromatic heterocycles. The van der Waals surface area contributed by atoms with Crippen LogP contribution in [0.25, 0.3) is 21.5 Å². The van der Waals surface area contributed by atoms with Gasteiger partial charge in [-0.15, -0.1) is 17.5 Å². The zero-order valence-corrected chi connectivity index (χ0v) is 35.4. The second kappa shape index (κ2) is 28.0. The van der Waals surface area contributed by atoms with E-state index in [9.17, 15) is 0 Å². The average Bonchev–Trinajstić information content (AvgIpc) is 3.27. The van der Waals surface area contributed by atoms with Gasteiger partial charge in [0.15, 0.2) is 0 Å². The third-order valence-electron chi connectivity index (χ3n) is 7.58. The number of aromatic nitrogens is 2. The van der Waals surface area contributed by atoms with Crippen molar-refractivity contribution in [1.29, 1.82) is 0 Å². The van der Waals surface area contributed by atoms with Crippen LogP contribution >= 0.6 is 0 Å². The van der Waals surface area contributed by atoms with Crippen LogP contribution in [0.4, 0.5) is 22.7 Å². The van der Waals surface area contributed by atoms with Gasteiger partial charge in [0.25, 0.3) is 0 Å². The molecule has 0 unspecified atom stereocenters. The van der Waals surface area contributed by atoms with E-state index in [4.69, 9.17) is 0 Å². The molecule has 1 aliphatic heterocycles. The number of para-hydroxylation sites is 4. The van der Waals surface area contributed by atoms with E-state index in [1.165, 1.54) is 0 Å². The summed E-state index contributed by atoms with van der Waals surface area (Å²) >= 11 is 0. The van der Waals surface area contributed by atoms with Gasteiger partial charge < -0.3 is 25.9 Å². The number of dihydropyridines is 1. The molecule has 0 bridgehead atoms. The summed E-state index contributed by atoms with van der Waals surface area (Å²) in [5.74, 6) is 0. The molecule has 0 fully saturated rings. The van der Waals surface area contributed by atoms with Crippen molar-refractivity contribution in [2.75, 3.05) is 13.2 Å². The van der Waals surface area contributed by atoms with Gasteiger partial charge in [-0.1, -0.05) is 165 Å². The van der Waals surface area contributed by atoms with Gasteiger partial charge in [0.2, 0.25) is 0 Å². The van der Waals surface area contributed by atoms with Crippen molar-refractivity contribution >= 4 is 40.4 Å². The number of pyridine rings is 2. The molecule has 0 saturated heterocycles. The van der Waals surface area contributed by atoms with Gasteiger partial charge in [-0.3, -0.25) is 9.98 Å². The largest absolute Gasteiger partial charge is 0.699 e. The van der Waals surface area contributed by atoms with Crippen LogP contribution in [0, 0.1) is 6.08 Å². The van der Waals surface area contributed by atoms with E-state index in [0.29, 0.717) is 6.67 Å². The first kappa shape index (κ1) is 44.9. The van der Waals surface area contributed by atoms with Crippen molar-refractivity contribution in [3.05, 3.63) is 228 Å². The Morgan fingerprint density at radius 3 is 1.57 bits per heavy atom. The van der Waals surface area contributed by atoms with Gasteiger partial charge in [-0.2, -0.15) is 17.7 Å². The molecule has 0 atom stereocenters. The van der Waals surface area contributed by atoms with E-state index in [-0.39, 0.29) is 42.1 Å². The van der Waals surface area contributed by atoms with Gasteiger partial charge in [-0.25, -0.2) is 6.67 Å². The summed E-state index contributed by atoms with van der Waals surface area (Å²) in [6, 6.07) is 51.1. The molecule has 6 aromatic rings. The summed E-state index contributed by atoms with van der Waals surface area (Å²) in [4.78, 5) is 17.0. The molecule has 0 saturated carbocycles. The molecule has 56 heavy (non-hydrogen) atoms. The van der Waals surface area contributed by atoms with Crippen LogP contribution in [0.15, 0.2) is 204 Å². The molecular weight excluding hydrogens is 1050 g/mol. The summed E-state index contributed by atoms with van der Waals surface area (Å²) in [6.07, 6.45) is 20.1. The topological polar surface area (TPSA) is 92.8 Å². The van der Waals surface area contributed by atoms with E-state index >= 15 is 0 Å². The van der Waals surface area contributed by atoms with Gasteiger partial charge in [0.05, 0.1) is 11.4 Å². The minimum absolute atomic E-state index is 0. The van der Waals surface area contributed by atoms with Crippen LogP contribution in [-0.4, -0.2) is 35.2 Å². The van der Waals surface area contributed by atoms with Crippen LogP contribution in [0.2, 0.25) is 0 Å². The monoisotopic (exact) mass is 1100 g/mol. The minimum Gasteiger partial charge on any atom is -0.699 e. The van der Waals surface area contributed by atoms with Crippen molar-refractivity contribution < 1.29 is 42.1 Å². The number of rotatable bonds is 9. The number of hydrogen-bond donors (Lipinski definition) is 0. The first-order valence-electron chi connectivity index (χ1n) is 17.9. The Morgan fingerprint density at radius 1 is 0.554 bits per heavy atom. The molecular formula is C47H43N7Pt2-4. The second-order valence-electron chi connectivity index (χ2n) is 11.6. The average molecular weight is 1100 g/mol. The molecule has 9 heteroatoms. The minimum atomic E-state index is 0. The number of allylic oxidation sites excluding steroid dienone is 5. The number of nitrogens with zero attached hydrogens (tertiary/aromatic N) is 7. The number of benzene rings is 4. The molecule has 1 aliphatic carbocycles. The van der Waals surface area contributed by atoms with Gasteiger partial charge in [-0.05, 0) is 47.8 Å².